The monoisotopic (exact) mass is 413 g/mol. The average Bonchev–Trinajstić information content (AvgIpc) is 2.79. The van der Waals surface area contributed by atoms with Gasteiger partial charge >= 0.3 is 0 Å². The van der Waals surface area contributed by atoms with Crippen molar-refractivity contribution in [3.63, 3.8) is 0 Å². The Kier molecular flexibility index (Phi) is 7.93. The first-order chi connectivity index (χ1) is 14.6. The van der Waals surface area contributed by atoms with Crippen LogP contribution in [0.15, 0.2) is 42.5 Å². The molecule has 0 unspecified atom stereocenters. The molecule has 3 rings (SSSR count). The summed E-state index contributed by atoms with van der Waals surface area (Å²) in [5.74, 6) is 2.36. The van der Waals surface area contributed by atoms with Crippen LogP contribution in [0.2, 0.25) is 0 Å². The number of amides is 1. The van der Waals surface area contributed by atoms with Crippen LogP contribution in [0.3, 0.4) is 0 Å². The number of methoxy groups -OCH3 is 3. The molecule has 7 heteroatoms. The smallest absolute Gasteiger partial charge is 0.234 e. The first-order valence-electron chi connectivity index (χ1n) is 10.2. The molecule has 30 heavy (non-hydrogen) atoms. The van der Waals surface area contributed by atoms with Gasteiger partial charge < -0.3 is 19.5 Å². The second-order valence-corrected chi connectivity index (χ2v) is 7.37. The lowest BCUT2D eigenvalue weighted by atomic mass is 10.1. The Morgan fingerprint density at radius 2 is 1.47 bits per heavy atom. The van der Waals surface area contributed by atoms with Gasteiger partial charge in [-0.3, -0.25) is 14.6 Å². The summed E-state index contributed by atoms with van der Waals surface area (Å²) in [6.07, 6.45) is 0. The van der Waals surface area contributed by atoms with Crippen LogP contribution in [-0.4, -0.2) is 69.8 Å². The van der Waals surface area contributed by atoms with Crippen molar-refractivity contribution >= 4 is 5.91 Å². The van der Waals surface area contributed by atoms with E-state index in [0.717, 1.165) is 55.5 Å². The molecule has 0 radical (unpaired) electrons. The molecule has 1 aliphatic heterocycles. The zero-order valence-electron chi connectivity index (χ0n) is 18.0. The zero-order chi connectivity index (χ0) is 21.3. The first-order valence-corrected chi connectivity index (χ1v) is 10.2. The van der Waals surface area contributed by atoms with Crippen molar-refractivity contribution in [1.82, 2.24) is 15.1 Å². The molecule has 0 spiro atoms. The minimum absolute atomic E-state index is 0.0548. The van der Waals surface area contributed by atoms with Crippen molar-refractivity contribution in [2.45, 2.75) is 13.1 Å². The van der Waals surface area contributed by atoms with Crippen LogP contribution in [0.25, 0.3) is 0 Å². The Labute approximate surface area is 178 Å². The Balaban J connectivity index is 1.40. The van der Waals surface area contributed by atoms with Gasteiger partial charge in [-0.1, -0.05) is 18.2 Å². The largest absolute Gasteiger partial charge is 0.497 e. The molecule has 1 fully saturated rings. The van der Waals surface area contributed by atoms with Crippen molar-refractivity contribution in [2.75, 3.05) is 54.1 Å². The molecule has 1 N–H and O–H groups in total. The number of carbonyl (C=O) groups excluding carboxylic acids is 1. The number of nitrogens with zero attached hydrogens (tertiary/aromatic N) is 2. The third kappa shape index (κ3) is 6.11. The molecule has 1 aliphatic rings. The van der Waals surface area contributed by atoms with Crippen molar-refractivity contribution < 1.29 is 19.0 Å². The molecular weight excluding hydrogens is 382 g/mol. The summed E-state index contributed by atoms with van der Waals surface area (Å²) < 4.78 is 15.8. The standard InChI is InChI=1S/C23H31N3O4/c1-28-20-7-4-18(5-8-20)15-24-23(27)17-26-12-10-25(11-13-26)16-19-6-9-21(29-2)22(14-19)30-3/h4-9,14H,10-13,15-17H2,1-3H3,(H,24,27). The van der Waals surface area contributed by atoms with E-state index in [0.29, 0.717) is 13.1 Å². The fourth-order valence-corrected chi connectivity index (χ4v) is 3.55. The number of hydrogen-bond donors (Lipinski definition) is 1. The molecule has 1 amide bonds. The third-order valence-electron chi connectivity index (χ3n) is 5.33. The molecule has 0 bridgehead atoms. The number of nitrogens with one attached hydrogen (secondary N) is 1. The second-order valence-electron chi connectivity index (χ2n) is 7.37. The zero-order valence-corrected chi connectivity index (χ0v) is 18.0. The van der Waals surface area contributed by atoms with Crippen molar-refractivity contribution in [3.8, 4) is 17.2 Å². The summed E-state index contributed by atoms with van der Waals surface area (Å²) in [7, 11) is 4.94. The summed E-state index contributed by atoms with van der Waals surface area (Å²) in [5.41, 5.74) is 2.25. The molecule has 0 aromatic heterocycles. The lowest BCUT2D eigenvalue weighted by molar-refractivity contribution is -0.122. The van der Waals surface area contributed by atoms with Gasteiger partial charge in [0.05, 0.1) is 27.9 Å². The lowest BCUT2D eigenvalue weighted by Gasteiger charge is -2.34. The summed E-state index contributed by atoms with van der Waals surface area (Å²) in [6, 6.07) is 13.8. The van der Waals surface area contributed by atoms with Crippen LogP contribution >= 0.6 is 0 Å². The Morgan fingerprint density at radius 1 is 0.833 bits per heavy atom. The van der Waals surface area contributed by atoms with Crippen LogP contribution in [0, 0.1) is 0 Å². The van der Waals surface area contributed by atoms with Crippen LogP contribution < -0.4 is 19.5 Å². The molecule has 0 aliphatic carbocycles. The van der Waals surface area contributed by atoms with E-state index in [-0.39, 0.29) is 5.91 Å². The van der Waals surface area contributed by atoms with Gasteiger partial charge in [0, 0.05) is 39.3 Å². The summed E-state index contributed by atoms with van der Waals surface area (Å²) in [4.78, 5) is 16.9. The number of benzene rings is 2. The topological polar surface area (TPSA) is 63.3 Å². The number of hydrogen-bond acceptors (Lipinski definition) is 6. The van der Waals surface area contributed by atoms with E-state index < -0.39 is 0 Å². The number of piperazine rings is 1. The van der Waals surface area contributed by atoms with Crippen molar-refractivity contribution in [2.24, 2.45) is 0 Å². The molecule has 2 aromatic rings. The fourth-order valence-electron chi connectivity index (χ4n) is 3.55. The van der Waals surface area contributed by atoms with Crippen LogP contribution in [-0.2, 0) is 17.9 Å². The molecule has 1 heterocycles. The van der Waals surface area contributed by atoms with Crippen LogP contribution in [0.4, 0.5) is 0 Å². The van der Waals surface area contributed by atoms with Crippen LogP contribution in [0.1, 0.15) is 11.1 Å². The highest BCUT2D eigenvalue weighted by Crippen LogP contribution is 2.28. The van der Waals surface area contributed by atoms with Gasteiger partial charge in [-0.05, 0) is 35.4 Å². The summed E-state index contributed by atoms with van der Waals surface area (Å²) in [5, 5.41) is 3.00. The maximum atomic E-state index is 12.3. The van der Waals surface area contributed by atoms with Gasteiger partial charge in [-0.25, -0.2) is 0 Å². The second kappa shape index (κ2) is 10.8. The van der Waals surface area contributed by atoms with E-state index in [9.17, 15) is 4.79 Å². The van der Waals surface area contributed by atoms with E-state index in [4.69, 9.17) is 14.2 Å². The Hall–Kier alpha value is -2.77. The van der Waals surface area contributed by atoms with Crippen molar-refractivity contribution in [1.29, 1.82) is 0 Å². The molecule has 0 saturated carbocycles. The first kappa shape index (κ1) is 21.9. The van der Waals surface area contributed by atoms with Gasteiger partial charge in [-0.15, -0.1) is 0 Å². The minimum Gasteiger partial charge on any atom is -0.497 e. The average molecular weight is 414 g/mol. The highest BCUT2D eigenvalue weighted by molar-refractivity contribution is 5.78. The number of carbonyl (C=O) groups is 1. The van der Waals surface area contributed by atoms with E-state index in [1.54, 1.807) is 21.3 Å². The maximum Gasteiger partial charge on any atom is 0.234 e. The predicted octanol–water partition coefficient (Wildman–Crippen LogP) is 2.15. The van der Waals surface area contributed by atoms with E-state index in [1.165, 1.54) is 5.56 Å². The lowest BCUT2D eigenvalue weighted by Crippen LogP contribution is -2.49. The number of ether oxygens (including phenoxy) is 3. The highest BCUT2D eigenvalue weighted by atomic mass is 16.5. The normalized spacial score (nSPS) is 14.9. The molecule has 162 valence electrons. The molecular formula is C23H31N3O4. The SMILES string of the molecule is COc1ccc(CNC(=O)CN2CCN(Cc3ccc(OC)c(OC)c3)CC2)cc1. The summed E-state index contributed by atoms with van der Waals surface area (Å²) >= 11 is 0. The Morgan fingerprint density at radius 3 is 2.10 bits per heavy atom. The van der Waals surface area contributed by atoms with Gasteiger partial charge in [-0.2, -0.15) is 0 Å². The molecule has 1 saturated heterocycles. The van der Waals surface area contributed by atoms with Gasteiger partial charge in [0.2, 0.25) is 5.91 Å². The molecule has 7 nitrogen and oxygen atoms in total. The number of rotatable bonds is 9. The Bertz CT molecular complexity index is 818. The van der Waals surface area contributed by atoms with Crippen LogP contribution in [0.5, 0.6) is 17.2 Å². The quantitative estimate of drug-likeness (QED) is 0.680. The summed E-state index contributed by atoms with van der Waals surface area (Å²) in [6.45, 7) is 5.44. The maximum absolute atomic E-state index is 12.3. The van der Waals surface area contributed by atoms with Gasteiger partial charge in [0.1, 0.15) is 5.75 Å². The van der Waals surface area contributed by atoms with E-state index >= 15 is 0 Å². The highest BCUT2D eigenvalue weighted by Gasteiger charge is 2.19. The van der Waals surface area contributed by atoms with Gasteiger partial charge in [0.25, 0.3) is 0 Å². The predicted molar refractivity (Wildman–Crippen MR) is 116 cm³/mol. The minimum atomic E-state index is 0.0548. The fraction of sp³-hybridized carbons (Fsp3) is 0.435. The van der Waals surface area contributed by atoms with E-state index in [1.807, 2.05) is 36.4 Å². The van der Waals surface area contributed by atoms with E-state index in [2.05, 4.69) is 21.2 Å². The molecule has 0 atom stereocenters. The van der Waals surface area contributed by atoms with Gasteiger partial charge in [0.15, 0.2) is 11.5 Å². The molecule has 2 aromatic carbocycles. The van der Waals surface area contributed by atoms with Crippen molar-refractivity contribution in [3.05, 3.63) is 53.6 Å². The third-order valence-corrected chi connectivity index (χ3v) is 5.33.